The normalized spacial score (nSPS) is 19.9. The van der Waals surface area contributed by atoms with Crippen LogP contribution in [0.5, 0.6) is 0 Å². The van der Waals surface area contributed by atoms with Gasteiger partial charge in [-0.2, -0.15) is 0 Å². The molecule has 1 saturated heterocycles. The van der Waals surface area contributed by atoms with Gasteiger partial charge in [0.1, 0.15) is 0 Å². The van der Waals surface area contributed by atoms with Crippen LogP contribution in [0.3, 0.4) is 0 Å². The maximum atomic E-state index is 11.5. The molecule has 1 amide bonds. The average molecular weight is 185 g/mol. The molecule has 0 spiro atoms. The molecule has 1 heterocycles. The van der Waals surface area contributed by atoms with Crippen molar-refractivity contribution in [2.75, 3.05) is 13.1 Å². The number of nitrogens with one attached hydrogen (secondary N) is 1. The van der Waals surface area contributed by atoms with Crippen LogP contribution in [0.25, 0.3) is 0 Å². The molecule has 0 aromatic carbocycles. The molecular weight excluding hydrogens is 166 g/mol. The van der Waals surface area contributed by atoms with Crippen molar-refractivity contribution in [2.45, 2.75) is 38.6 Å². The van der Waals surface area contributed by atoms with Crippen LogP contribution in [0.4, 0.5) is 0 Å². The van der Waals surface area contributed by atoms with Crippen molar-refractivity contribution in [1.29, 1.82) is 0 Å². The van der Waals surface area contributed by atoms with E-state index in [1.54, 1.807) is 0 Å². The Morgan fingerprint density at radius 3 is 2.31 bits per heavy atom. The number of likely N-dealkylation sites (tertiary alicyclic amines) is 1. The topological polar surface area (TPSA) is 58.4 Å². The number of hydrazine groups is 1. The van der Waals surface area contributed by atoms with E-state index in [4.69, 9.17) is 5.84 Å². The number of nitrogens with zero attached hydrogens (tertiary/aromatic N) is 1. The van der Waals surface area contributed by atoms with E-state index in [2.05, 4.69) is 10.3 Å². The molecule has 4 heteroatoms. The third-order valence-electron chi connectivity index (χ3n) is 2.83. The lowest BCUT2D eigenvalue weighted by Gasteiger charge is -2.39. The van der Waals surface area contributed by atoms with Gasteiger partial charge in [0.05, 0.1) is 5.54 Å². The molecule has 0 radical (unpaired) electrons. The first kappa shape index (κ1) is 10.5. The number of piperidine rings is 1. The highest BCUT2D eigenvalue weighted by molar-refractivity contribution is 5.84. The van der Waals surface area contributed by atoms with Crippen molar-refractivity contribution in [3.63, 3.8) is 0 Å². The van der Waals surface area contributed by atoms with Crippen molar-refractivity contribution in [2.24, 2.45) is 5.84 Å². The van der Waals surface area contributed by atoms with Gasteiger partial charge in [-0.1, -0.05) is 6.42 Å². The number of rotatable bonds is 2. The molecule has 3 N–H and O–H groups in total. The van der Waals surface area contributed by atoms with E-state index in [1.165, 1.54) is 19.3 Å². The summed E-state index contributed by atoms with van der Waals surface area (Å²) in [5.74, 6) is 5.04. The maximum Gasteiger partial charge on any atom is 0.253 e. The zero-order valence-electron chi connectivity index (χ0n) is 8.47. The average Bonchev–Trinajstić information content (AvgIpc) is 2.18. The largest absolute Gasteiger partial charge is 0.293 e. The Bertz CT molecular complexity index is 185. The summed E-state index contributed by atoms with van der Waals surface area (Å²) < 4.78 is 0. The molecule has 1 rings (SSSR count). The van der Waals surface area contributed by atoms with Crippen LogP contribution in [-0.2, 0) is 4.79 Å². The van der Waals surface area contributed by atoms with Crippen LogP contribution in [-0.4, -0.2) is 29.4 Å². The van der Waals surface area contributed by atoms with E-state index >= 15 is 0 Å². The van der Waals surface area contributed by atoms with Crippen molar-refractivity contribution < 1.29 is 4.79 Å². The lowest BCUT2D eigenvalue weighted by atomic mass is 9.98. The molecular formula is C9H19N3O. The Labute approximate surface area is 79.4 Å². The van der Waals surface area contributed by atoms with Crippen LogP contribution in [0.2, 0.25) is 0 Å². The van der Waals surface area contributed by atoms with Gasteiger partial charge < -0.3 is 0 Å². The quantitative estimate of drug-likeness (QED) is 0.368. The molecule has 0 unspecified atom stereocenters. The number of carbonyl (C=O) groups is 1. The van der Waals surface area contributed by atoms with Crippen molar-refractivity contribution in [3.05, 3.63) is 0 Å². The summed E-state index contributed by atoms with van der Waals surface area (Å²) in [6.07, 6.45) is 3.64. The van der Waals surface area contributed by atoms with Gasteiger partial charge in [0, 0.05) is 0 Å². The molecule has 76 valence electrons. The fraction of sp³-hybridized carbons (Fsp3) is 0.889. The number of amides is 1. The van der Waals surface area contributed by atoms with Crippen LogP contribution in [0, 0.1) is 0 Å². The SMILES string of the molecule is CC(C)(C(=O)NN)N1CCCCC1. The standard InChI is InChI=1S/C9H19N3O/c1-9(2,8(13)11-10)12-6-4-3-5-7-12/h3-7,10H2,1-2H3,(H,11,13). The van der Waals surface area contributed by atoms with Gasteiger partial charge in [-0.3, -0.25) is 15.1 Å². The third-order valence-corrected chi connectivity index (χ3v) is 2.83. The van der Waals surface area contributed by atoms with Crippen LogP contribution < -0.4 is 11.3 Å². The molecule has 13 heavy (non-hydrogen) atoms. The highest BCUT2D eigenvalue weighted by Gasteiger charge is 2.34. The monoisotopic (exact) mass is 185 g/mol. The Morgan fingerprint density at radius 1 is 1.31 bits per heavy atom. The van der Waals surface area contributed by atoms with Gasteiger partial charge in [0.2, 0.25) is 0 Å². The molecule has 1 aliphatic rings. The first-order valence-corrected chi connectivity index (χ1v) is 4.85. The predicted octanol–water partition coefficient (Wildman–Crippen LogP) is 0.241. The highest BCUT2D eigenvalue weighted by atomic mass is 16.2. The Hall–Kier alpha value is -0.610. The Kier molecular flexibility index (Phi) is 3.27. The number of hydrogen-bond donors (Lipinski definition) is 2. The first-order chi connectivity index (χ1) is 6.09. The second kappa shape index (κ2) is 4.07. The number of hydrogen-bond acceptors (Lipinski definition) is 3. The van der Waals surface area contributed by atoms with E-state index in [9.17, 15) is 4.79 Å². The molecule has 1 aliphatic heterocycles. The van der Waals surface area contributed by atoms with Gasteiger partial charge in [0.15, 0.2) is 0 Å². The minimum atomic E-state index is -0.463. The smallest absolute Gasteiger partial charge is 0.253 e. The second-order valence-electron chi connectivity index (χ2n) is 4.08. The summed E-state index contributed by atoms with van der Waals surface area (Å²) >= 11 is 0. The molecule has 0 atom stereocenters. The van der Waals surface area contributed by atoms with Gasteiger partial charge in [0.25, 0.3) is 5.91 Å². The van der Waals surface area contributed by atoms with E-state index in [1.807, 2.05) is 13.8 Å². The molecule has 0 aliphatic carbocycles. The van der Waals surface area contributed by atoms with E-state index in [0.29, 0.717) is 0 Å². The van der Waals surface area contributed by atoms with Gasteiger partial charge in [-0.25, -0.2) is 5.84 Å². The summed E-state index contributed by atoms with van der Waals surface area (Å²) in [5, 5.41) is 0. The molecule has 0 aromatic rings. The molecule has 0 bridgehead atoms. The second-order valence-corrected chi connectivity index (χ2v) is 4.08. The van der Waals surface area contributed by atoms with E-state index in [0.717, 1.165) is 13.1 Å². The predicted molar refractivity (Wildman–Crippen MR) is 51.8 cm³/mol. The maximum absolute atomic E-state index is 11.5. The van der Waals surface area contributed by atoms with Crippen molar-refractivity contribution >= 4 is 5.91 Å². The number of carbonyl (C=O) groups excluding carboxylic acids is 1. The fourth-order valence-corrected chi connectivity index (χ4v) is 1.77. The zero-order chi connectivity index (χ0) is 9.90. The Morgan fingerprint density at radius 2 is 1.85 bits per heavy atom. The lowest BCUT2D eigenvalue weighted by Crippen LogP contribution is -2.57. The highest BCUT2D eigenvalue weighted by Crippen LogP contribution is 2.20. The molecule has 4 nitrogen and oxygen atoms in total. The summed E-state index contributed by atoms with van der Waals surface area (Å²) in [7, 11) is 0. The van der Waals surface area contributed by atoms with Crippen LogP contribution >= 0.6 is 0 Å². The third kappa shape index (κ3) is 2.19. The van der Waals surface area contributed by atoms with Crippen LogP contribution in [0.15, 0.2) is 0 Å². The molecule has 0 saturated carbocycles. The minimum absolute atomic E-state index is 0.102. The lowest BCUT2D eigenvalue weighted by molar-refractivity contribution is -0.132. The van der Waals surface area contributed by atoms with E-state index in [-0.39, 0.29) is 5.91 Å². The number of nitrogens with two attached hydrogens (primary N) is 1. The van der Waals surface area contributed by atoms with Gasteiger partial charge >= 0.3 is 0 Å². The molecule has 1 fully saturated rings. The summed E-state index contributed by atoms with van der Waals surface area (Å²) in [5.41, 5.74) is 1.76. The van der Waals surface area contributed by atoms with Gasteiger partial charge in [-0.05, 0) is 39.8 Å². The summed E-state index contributed by atoms with van der Waals surface area (Å²) in [4.78, 5) is 13.6. The Balaban J connectivity index is 2.60. The van der Waals surface area contributed by atoms with Crippen molar-refractivity contribution in [1.82, 2.24) is 10.3 Å². The summed E-state index contributed by atoms with van der Waals surface area (Å²) in [6.45, 7) is 5.84. The zero-order valence-corrected chi connectivity index (χ0v) is 8.47. The molecule has 0 aromatic heterocycles. The fourth-order valence-electron chi connectivity index (χ4n) is 1.77. The van der Waals surface area contributed by atoms with Crippen LogP contribution in [0.1, 0.15) is 33.1 Å². The summed E-state index contributed by atoms with van der Waals surface area (Å²) in [6, 6.07) is 0. The minimum Gasteiger partial charge on any atom is -0.293 e. The van der Waals surface area contributed by atoms with E-state index < -0.39 is 5.54 Å². The first-order valence-electron chi connectivity index (χ1n) is 4.85. The van der Waals surface area contributed by atoms with Crippen molar-refractivity contribution in [3.8, 4) is 0 Å². The van der Waals surface area contributed by atoms with Gasteiger partial charge in [-0.15, -0.1) is 0 Å².